The first-order valence-electron chi connectivity index (χ1n) is 8.43. The summed E-state index contributed by atoms with van der Waals surface area (Å²) in [6.07, 6.45) is 9.30. The molecular weight excluding hydrogens is 327 g/mol. The van der Waals surface area contributed by atoms with Crippen molar-refractivity contribution in [3.05, 3.63) is 0 Å². The summed E-state index contributed by atoms with van der Waals surface area (Å²) in [7, 11) is 0. The quantitative estimate of drug-likeness (QED) is 0.445. The van der Waals surface area contributed by atoms with Gasteiger partial charge in [-0.2, -0.15) is 0 Å². The van der Waals surface area contributed by atoms with Crippen LogP contribution in [-0.2, 0) is 17.1 Å². The first-order chi connectivity index (χ1) is 10.3. The van der Waals surface area contributed by atoms with Gasteiger partial charge >= 0.3 is 0 Å². The number of nitrogens with zero attached hydrogens (tertiary/aromatic N) is 4. The van der Waals surface area contributed by atoms with Crippen molar-refractivity contribution >= 4 is 24.9 Å². The van der Waals surface area contributed by atoms with Crippen molar-refractivity contribution in [2.45, 2.75) is 92.4 Å². The first-order valence-corrected chi connectivity index (χ1v) is 8.43. The molecule has 135 valence electrons. The molecule has 0 rings (SSSR count). The summed E-state index contributed by atoms with van der Waals surface area (Å²) in [4.78, 5) is 16.8. The summed E-state index contributed by atoms with van der Waals surface area (Å²) in [6, 6.07) is 1.60. The van der Waals surface area contributed by atoms with Crippen LogP contribution in [0.15, 0.2) is 20.0 Å². The van der Waals surface area contributed by atoms with Gasteiger partial charge in [0.1, 0.15) is 0 Å². The van der Waals surface area contributed by atoms with E-state index in [4.69, 9.17) is 0 Å². The van der Waals surface area contributed by atoms with Gasteiger partial charge < -0.3 is 0 Å². The van der Waals surface area contributed by atoms with Crippen LogP contribution < -0.4 is 0 Å². The van der Waals surface area contributed by atoms with Gasteiger partial charge in [-0.1, -0.05) is 13.8 Å². The molecule has 0 aromatic heterocycles. The molecule has 2 unspecified atom stereocenters. The molecule has 0 aliphatic heterocycles. The van der Waals surface area contributed by atoms with E-state index in [9.17, 15) is 0 Å². The maximum Gasteiger partial charge on any atom is 0.0469 e. The zero-order valence-electron chi connectivity index (χ0n) is 16.2. The Hall–Kier alpha value is -0.801. The third kappa shape index (κ3) is 26.4. The summed E-state index contributed by atoms with van der Waals surface area (Å²) in [5.41, 5.74) is 0. The molecule has 0 aromatic rings. The number of aliphatic imine (C=N–C) groups is 4. The second kappa shape index (κ2) is 19.2. The fraction of sp³-hybridized carbons (Fsp3) is 0.778. The van der Waals surface area contributed by atoms with Gasteiger partial charge in [-0.25, -0.2) is 0 Å². The molecule has 0 aromatic carbocycles. The molecule has 4 nitrogen and oxygen atoms in total. The van der Waals surface area contributed by atoms with E-state index < -0.39 is 0 Å². The van der Waals surface area contributed by atoms with Crippen molar-refractivity contribution in [2.75, 3.05) is 0 Å². The summed E-state index contributed by atoms with van der Waals surface area (Å²) in [6.45, 7) is 16.6. The van der Waals surface area contributed by atoms with E-state index in [2.05, 4.69) is 47.7 Å². The maximum atomic E-state index is 4.27. The Morgan fingerprint density at radius 1 is 0.565 bits per heavy atom. The van der Waals surface area contributed by atoms with E-state index in [0.717, 1.165) is 12.8 Å². The Labute approximate surface area is 154 Å². The second-order valence-electron chi connectivity index (χ2n) is 5.89. The summed E-state index contributed by atoms with van der Waals surface area (Å²) in [5.74, 6) is 0. The normalized spacial score (nSPS) is 14.7. The molecule has 0 heterocycles. The minimum atomic E-state index is 0. The molecule has 1 radical (unpaired) electrons. The maximum absolute atomic E-state index is 4.27. The predicted octanol–water partition coefficient (Wildman–Crippen LogP) is 4.67. The van der Waals surface area contributed by atoms with Crippen LogP contribution in [0.1, 0.15) is 68.2 Å². The average molecular weight is 363 g/mol. The number of hydrogen-bond acceptors (Lipinski definition) is 4. The zero-order chi connectivity index (χ0) is 17.4. The van der Waals surface area contributed by atoms with Crippen LogP contribution in [0.4, 0.5) is 0 Å². The Bertz CT molecular complexity index is 313. The number of hydrogen-bond donors (Lipinski definition) is 0. The SMILES string of the molecule is CC(C)N=CC=NC(C)C.CCC(C)N=CC=NC(C)CC.[Mn]. The minimum absolute atomic E-state index is 0. The Morgan fingerprint density at radius 2 is 0.826 bits per heavy atom. The second-order valence-corrected chi connectivity index (χ2v) is 5.89. The third-order valence-electron chi connectivity index (χ3n) is 2.76. The molecule has 0 spiro atoms. The monoisotopic (exact) mass is 363 g/mol. The van der Waals surface area contributed by atoms with Crippen LogP contribution in [0.5, 0.6) is 0 Å². The molecule has 0 aliphatic rings. The third-order valence-corrected chi connectivity index (χ3v) is 2.76. The largest absolute Gasteiger partial charge is 0.289 e. The fourth-order valence-electron chi connectivity index (χ4n) is 1.00. The van der Waals surface area contributed by atoms with Gasteiger partial charge in [-0.15, -0.1) is 0 Å². The number of rotatable bonds is 8. The molecule has 0 fully saturated rings. The Morgan fingerprint density at radius 3 is 1.04 bits per heavy atom. The van der Waals surface area contributed by atoms with Gasteiger partial charge in [-0.3, -0.25) is 20.0 Å². The molecule has 2 atom stereocenters. The fourth-order valence-corrected chi connectivity index (χ4v) is 1.00. The zero-order valence-corrected chi connectivity index (χ0v) is 17.4. The molecule has 0 saturated carbocycles. The van der Waals surface area contributed by atoms with Gasteiger partial charge in [0.2, 0.25) is 0 Å². The predicted molar refractivity (Wildman–Crippen MR) is 104 cm³/mol. The van der Waals surface area contributed by atoms with Crippen molar-refractivity contribution in [1.82, 2.24) is 0 Å². The van der Waals surface area contributed by atoms with Gasteiger partial charge in [0.25, 0.3) is 0 Å². The average Bonchev–Trinajstić information content (AvgIpc) is 2.47. The smallest absolute Gasteiger partial charge is 0.0469 e. The van der Waals surface area contributed by atoms with E-state index in [1.165, 1.54) is 0 Å². The standard InChI is InChI=1S/C10H20N2.C8H16N2.Mn/c1-5-9(3)11-7-8-12-10(4)6-2;1-7(2)9-5-6-10-8(3)4;/h7-10H,5-6H2,1-4H3;5-8H,1-4H3;. The van der Waals surface area contributed by atoms with E-state index in [-0.39, 0.29) is 17.1 Å². The molecule has 0 N–H and O–H groups in total. The van der Waals surface area contributed by atoms with Crippen LogP contribution in [0, 0.1) is 0 Å². The molecule has 0 aliphatic carbocycles. The van der Waals surface area contributed by atoms with E-state index >= 15 is 0 Å². The van der Waals surface area contributed by atoms with Crippen molar-refractivity contribution in [3.8, 4) is 0 Å². The van der Waals surface area contributed by atoms with Crippen molar-refractivity contribution < 1.29 is 17.1 Å². The van der Waals surface area contributed by atoms with Gasteiger partial charge in [0.05, 0.1) is 0 Å². The molecule has 0 bridgehead atoms. The van der Waals surface area contributed by atoms with E-state index in [0.29, 0.717) is 24.2 Å². The van der Waals surface area contributed by atoms with Crippen molar-refractivity contribution in [1.29, 1.82) is 0 Å². The summed E-state index contributed by atoms with van der Waals surface area (Å²) >= 11 is 0. The van der Waals surface area contributed by atoms with Crippen molar-refractivity contribution in [3.63, 3.8) is 0 Å². The minimum Gasteiger partial charge on any atom is -0.289 e. The molecule has 5 heteroatoms. The summed E-state index contributed by atoms with van der Waals surface area (Å²) in [5, 5.41) is 0. The van der Waals surface area contributed by atoms with Gasteiger partial charge in [-0.05, 0) is 54.4 Å². The topological polar surface area (TPSA) is 49.4 Å². The Kier molecular flexibility index (Phi) is 22.6. The van der Waals surface area contributed by atoms with Crippen molar-refractivity contribution in [2.24, 2.45) is 20.0 Å². The van der Waals surface area contributed by atoms with Crippen LogP contribution in [0.3, 0.4) is 0 Å². The van der Waals surface area contributed by atoms with Crippen LogP contribution in [0.2, 0.25) is 0 Å². The molecule has 0 saturated heterocycles. The van der Waals surface area contributed by atoms with Crippen LogP contribution in [-0.4, -0.2) is 49.0 Å². The summed E-state index contributed by atoms with van der Waals surface area (Å²) < 4.78 is 0. The Balaban J connectivity index is -0.000000338. The first kappa shape index (κ1) is 27.1. The molecule has 23 heavy (non-hydrogen) atoms. The molecular formula is C18H36MnN4. The van der Waals surface area contributed by atoms with Gasteiger partial charge in [0.15, 0.2) is 0 Å². The van der Waals surface area contributed by atoms with E-state index in [1.807, 2.05) is 27.7 Å². The van der Waals surface area contributed by atoms with E-state index in [1.54, 1.807) is 24.9 Å². The molecule has 0 amide bonds. The van der Waals surface area contributed by atoms with Crippen LogP contribution >= 0.6 is 0 Å². The van der Waals surface area contributed by atoms with Gasteiger partial charge in [0, 0.05) is 66.1 Å². The van der Waals surface area contributed by atoms with Crippen LogP contribution in [0.25, 0.3) is 0 Å².